The van der Waals surface area contributed by atoms with Crippen molar-refractivity contribution in [2.24, 2.45) is 0 Å². The standard InChI is InChI=1S/C11H17N3/c1-8(2)14-11(6-7-11)9-4-3-5-10(12)13-9/h3-5,8,14H,6-7H2,1-2H3,(H2,12,13). The minimum Gasteiger partial charge on any atom is -0.384 e. The molecule has 3 N–H and O–H groups in total. The van der Waals surface area contributed by atoms with Crippen molar-refractivity contribution >= 4 is 5.82 Å². The Hall–Kier alpha value is -1.09. The number of nitrogens with zero attached hydrogens (tertiary/aromatic N) is 1. The van der Waals surface area contributed by atoms with E-state index in [9.17, 15) is 0 Å². The summed E-state index contributed by atoms with van der Waals surface area (Å²) in [6.07, 6.45) is 2.34. The Bertz CT molecular complexity index is 329. The van der Waals surface area contributed by atoms with Gasteiger partial charge < -0.3 is 11.1 Å². The van der Waals surface area contributed by atoms with Crippen LogP contribution in [0.15, 0.2) is 18.2 Å². The van der Waals surface area contributed by atoms with Gasteiger partial charge in [0, 0.05) is 6.04 Å². The Kier molecular flexibility index (Phi) is 2.19. The molecule has 1 saturated carbocycles. The first-order chi connectivity index (χ1) is 6.62. The van der Waals surface area contributed by atoms with Crippen molar-refractivity contribution in [1.29, 1.82) is 0 Å². The van der Waals surface area contributed by atoms with E-state index in [1.54, 1.807) is 0 Å². The lowest BCUT2D eigenvalue weighted by atomic mass is 10.1. The van der Waals surface area contributed by atoms with Crippen LogP contribution < -0.4 is 11.1 Å². The molecule has 14 heavy (non-hydrogen) atoms. The minimum absolute atomic E-state index is 0.115. The fourth-order valence-corrected chi connectivity index (χ4v) is 1.87. The first kappa shape index (κ1) is 9.46. The second kappa shape index (κ2) is 3.24. The van der Waals surface area contributed by atoms with Crippen LogP contribution >= 0.6 is 0 Å². The Balaban J connectivity index is 2.22. The van der Waals surface area contributed by atoms with E-state index < -0.39 is 0 Å². The van der Waals surface area contributed by atoms with Gasteiger partial charge in [0.15, 0.2) is 0 Å². The van der Waals surface area contributed by atoms with Crippen molar-refractivity contribution in [3.8, 4) is 0 Å². The van der Waals surface area contributed by atoms with Crippen LogP contribution in [-0.2, 0) is 5.54 Å². The van der Waals surface area contributed by atoms with Crippen LogP contribution in [0, 0.1) is 0 Å². The smallest absolute Gasteiger partial charge is 0.123 e. The largest absolute Gasteiger partial charge is 0.384 e. The summed E-state index contributed by atoms with van der Waals surface area (Å²) >= 11 is 0. The molecule has 1 heterocycles. The van der Waals surface area contributed by atoms with Crippen molar-refractivity contribution in [3.63, 3.8) is 0 Å². The quantitative estimate of drug-likeness (QED) is 0.763. The number of hydrogen-bond acceptors (Lipinski definition) is 3. The highest BCUT2D eigenvalue weighted by Crippen LogP contribution is 2.45. The van der Waals surface area contributed by atoms with Crippen molar-refractivity contribution in [2.45, 2.75) is 38.3 Å². The summed E-state index contributed by atoms with van der Waals surface area (Å²) in [5, 5.41) is 3.56. The number of anilines is 1. The lowest BCUT2D eigenvalue weighted by Gasteiger charge is -2.19. The summed E-state index contributed by atoms with van der Waals surface area (Å²) in [6.45, 7) is 4.32. The van der Waals surface area contributed by atoms with Crippen LogP contribution in [0.4, 0.5) is 5.82 Å². The normalized spacial score (nSPS) is 18.5. The first-order valence-corrected chi connectivity index (χ1v) is 5.13. The molecule has 0 unspecified atom stereocenters. The highest BCUT2D eigenvalue weighted by Gasteiger charge is 2.45. The molecule has 0 spiro atoms. The number of hydrogen-bond donors (Lipinski definition) is 2. The van der Waals surface area contributed by atoms with Crippen LogP contribution in [0.3, 0.4) is 0 Å². The maximum atomic E-state index is 5.67. The van der Waals surface area contributed by atoms with Gasteiger partial charge in [-0.2, -0.15) is 0 Å². The second-order valence-electron chi connectivity index (χ2n) is 4.33. The van der Waals surface area contributed by atoms with Crippen LogP contribution in [0.25, 0.3) is 0 Å². The first-order valence-electron chi connectivity index (χ1n) is 5.13. The molecule has 0 atom stereocenters. The van der Waals surface area contributed by atoms with E-state index in [1.165, 1.54) is 12.8 Å². The number of pyridine rings is 1. The molecule has 1 aromatic heterocycles. The molecular weight excluding hydrogens is 174 g/mol. The molecule has 1 aromatic rings. The van der Waals surface area contributed by atoms with Gasteiger partial charge in [0.25, 0.3) is 0 Å². The van der Waals surface area contributed by atoms with Crippen LogP contribution in [-0.4, -0.2) is 11.0 Å². The fourth-order valence-electron chi connectivity index (χ4n) is 1.87. The third-order valence-electron chi connectivity index (χ3n) is 2.58. The van der Waals surface area contributed by atoms with E-state index in [4.69, 9.17) is 5.73 Å². The van der Waals surface area contributed by atoms with E-state index in [2.05, 4.69) is 30.2 Å². The average Bonchev–Trinajstić information content (AvgIpc) is 2.84. The SMILES string of the molecule is CC(C)NC1(c2cccc(N)n2)CC1. The number of nitrogens with one attached hydrogen (secondary N) is 1. The average molecular weight is 191 g/mol. The molecule has 0 aromatic carbocycles. The summed E-state index contributed by atoms with van der Waals surface area (Å²) in [5.74, 6) is 0.610. The van der Waals surface area contributed by atoms with Crippen LogP contribution in [0.2, 0.25) is 0 Å². The Morgan fingerprint density at radius 1 is 1.43 bits per heavy atom. The van der Waals surface area contributed by atoms with Crippen LogP contribution in [0.5, 0.6) is 0 Å². The molecule has 0 saturated heterocycles. The topological polar surface area (TPSA) is 50.9 Å². The number of aromatic nitrogens is 1. The van der Waals surface area contributed by atoms with Gasteiger partial charge in [-0.3, -0.25) is 0 Å². The molecule has 0 aliphatic heterocycles. The highest BCUT2D eigenvalue weighted by molar-refractivity contribution is 5.34. The van der Waals surface area contributed by atoms with Gasteiger partial charge in [0.1, 0.15) is 5.82 Å². The number of nitrogen functional groups attached to an aromatic ring is 1. The van der Waals surface area contributed by atoms with Gasteiger partial charge in [-0.25, -0.2) is 4.98 Å². The summed E-state index contributed by atoms with van der Waals surface area (Å²) in [7, 11) is 0. The second-order valence-corrected chi connectivity index (χ2v) is 4.33. The van der Waals surface area contributed by atoms with Gasteiger partial charge in [-0.15, -0.1) is 0 Å². The minimum atomic E-state index is 0.115. The van der Waals surface area contributed by atoms with Gasteiger partial charge in [0.2, 0.25) is 0 Å². The van der Waals surface area contributed by atoms with E-state index in [0.717, 1.165) is 5.69 Å². The number of rotatable bonds is 3. The van der Waals surface area contributed by atoms with E-state index in [-0.39, 0.29) is 5.54 Å². The van der Waals surface area contributed by atoms with E-state index >= 15 is 0 Å². The van der Waals surface area contributed by atoms with Crippen molar-refractivity contribution in [2.75, 3.05) is 5.73 Å². The molecule has 1 aliphatic rings. The molecule has 1 aliphatic carbocycles. The molecule has 0 radical (unpaired) electrons. The molecule has 2 rings (SSSR count). The monoisotopic (exact) mass is 191 g/mol. The van der Waals surface area contributed by atoms with Gasteiger partial charge in [-0.05, 0) is 38.8 Å². The maximum absolute atomic E-state index is 5.67. The van der Waals surface area contributed by atoms with Crippen LogP contribution in [0.1, 0.15) is 32.4 Å². The summed E-state index contributed by atoms with van der Waals surface area (Å²) < 4.78 is 0. The zero-order valence-electron chi connectivity index (χ0n) is 8.75. The molecule has 3 heteroatoms. The van der Waals surface area contributed by atoms with Gasteiger partial charge in [-0.1, -0.05) is 6.07 Å². The van der Waals surface area contributed by atoms with Gasteiger partial charge in [0.05, 0.1) is 11.2 Å². The lowest BCUT2D eigenvalue weighted by Crippen LogP contribution is -2.35. The van der Waals surface area contributed by atoms with E-state index in [1.807, 2.05) is 12.1 Å². The fraction of sp³-hybridized carbons (Fsp3) is 0.545. The third kappa shape index (κ3) is 1.73. The van der Waals surface area contributed by atoms with Crippen molar-refractivity contribution < 1.29 is 0 Å². The molecule has 0 bridgehead atoms. The number of nitrogens with two attached hydrogens (primary N) is 1. The van der Waals surface area contributed by atoms with Crippen molar-refractivity contribution in [1.82, 2.24) is 10.3 Å². The van der Waals surface area contributed by atoms with Crippen molar-refractivity contribution in [3.05, 3.63) is 23.9 Å². The van der Waals surface area contributed by atoms with E-state index in [0.29, 0.717) is 11.9 Å². The summed E-state index contributed by atoms with van der Waals surface area (Å²) in [4.78, 5) is 4.38. The summed E-state index contributed by atoms with van der Waals surface area (Å²) in [5.41, 5.74) is 6.88. The molecular formula is C11H17N3. The van der Waals surface area contributed by atoms with Gasteiger partial charge >= 0.3 is 0 Å². The molecule has 0 amide bonds. The Morgan fingerprint density at radius 2 is 2.14 bits per heavy atom. The molecule has 3 nitrogen and oxygen atoms in total. The Morgan fingerprint density at radius 3 is 2.64 bits per heavy atom. The lowest BCUT2D eigenvalue weighted by molar-refractivity contribution is 0.452. The molecule has 1 fully saturated rings. The maximum Gasteiger partial charge on any atom is 0.123 e. The summed E-state index contributed by atoms with van der Waals surface area (Å²) in [6, 6.07) is 6.34. The predicted molar refractivity (Wildman–Crippen MR) is 57.8 cm³/mol. The highest BCUT2D eigenvalue weighted by atomic mass is 15.1. The zero-order chi connectivity index (χ0) is 10.2. The third-order valence-corrected chi connectivity index (χ3v) is 2.58. The molecule has 76 valence electrons. The predicted octanol–water partition coefficient (Wildman–Crippen LogP) is 1.65. The Labute approximate surface area is 84.7 Å². The zero-order valence-corrected chi connectivity index (χ0v) is 8.75.